The standard InChI is InChI=1S/C31H39N3O/c1-22(2)27-13-10-14-28(23(3)4)29(27)33-30(35)32-21-31(19-8-9-20-31)34-26-17-15-25(16-18-26)24-11-6-5-7-12-24/h5-7,10-18,22-23,34H,8-9,19-21H2,1-4H3,(H2,32,33,35). The smallest absolute Gasteiger partial charge is 0.319 e. The number of nitrogens with one attached hydrogen (secondary N) is 3. The maximum Gasteiger partial charge on any atom is 0.319 e. The average Bonchev–Trinajstić information content (AvgIpc) is 3.32. The van der Waals surface area contributed by atoms with E-state index in [-0.39, 0.29) is 11.6 Å². The highest BCUT2D eigenvalue weighted by atomic mass is 16.2. The third-order valence-electron chi connectivity index (χ3n) is 7.16. The average molecular weight is 470 g/mol. The number of anilines is 2. The van der Waals surface area contributed by atoms with E-state index in [0.717, 1.165) is 24.2 Å². The molecule has 2 amide bonds. The summed E-state index contributed by atoms with van der Waals surface area (Å²) in [6.07, 6.45) is 4.44. The summed E-state index contributed by atoms with van der Waals surface area (Å²) >= 11 is 0. The van der Waals surface area contributed by atoms with Gasteiger partial charge in [0.25, 0.3) is 0 Å². The first kappa shape index (κ1) is 24.8. The summed E-state index contributed by atoms with van der Waals surface area (Å²) in [5.74, 6) is 0.677. The first-order valence-corrected chi connectivity index (χ1v) is 13.0. The zero-order valence-corrected chi connectivity index (χ0v) is 21.5. The summed E-state index contributed by atoms with van der Waals surface area (Å²) in [7, 11) is 0. The highest BCUT2D eigenvalue weighted by Gasteiger charge is 2.34. The van der Waals surface area contributed by atoms with Gasteiger partial charge in [-0.05, 0) is 59.1 Å². The van der Waals surface area contributed by atoms with Gasteiger partial charge in [-0.2, -0.15) is 0 Å². The van der Waals surface area contributed by atoms with Crippen molar-refractivity contribution in [3.63, 3.8) is 0 Å². The lowest BCUT2D eigenvalue weighted by molar-refractivity contribution is 0.249. The number of amides is 2. The lowest BCUT2D eigenvalue weighted by Crippen LogP contribution is -2.48. The Kier molecular flexibility index (Phi) is 7.80. The van der Waals surface area contributed by atoms with E-state index < -0.39 is 0 Å². The van der Waals surface area contributed by atoms with Crippen LogP contribution in [0.5, 0.6) is 0 Å². The van der Waals surface area contributed by atoms with Crippen LogP contribution in [0, 0.1) is 0 Å². The van der Waals surface area contributed by atoms with E-state index in [0.29, 0.717) is 18.4 Å². The van der Waals surface area contributed by atoms with Gasteiger partial charge in [0.05, 0.1) is 5.54 Å². The summed E-state index contributed by atoms with van der Waals surface area (Å²) in [4.78, 5) is 13.1. The molecule has 0 saturated heterocycles. The van der Waals surface area contributed by atoms with Crippen LogP contribution in [-0.2, 0) is 0 Å². The molecule has 0 unspecified atom stereocenters. The molecule has 0 heterocycles. The molecular weight excluding hydrogens is 430 g/mol. The number of carbonyl (C=O) groups is 1. The monoisotopic (exact) mass is 469 g/mol. The Hall–Kier alpha value is -3.27. The molecule has 4 rings (SSSR count). The predicted octanol–water partition coefficient (Wildman–Crippen LogP) is 8.15. The second kappa shape index (κ2) is 11.0. The van der Waals surface area contributed by atoms with Crippen LogP contribution >= 0.6 is 0 Å². The van der Waals surface area contributed by atoms with Crippen molar-refractivity contribution in [2.24, 2.45) is 0 Å². The van der Waals surface area contributed by atoms with Crippen LogP contribution in [0.15, 0.2) is 72.8 Å². The van der Waals surface area contributed by atoms with Gasteiger partial charge in [0.1, 0.15) is 0 Å². The number of benzene rings is 3. The minimum Gasteiger partial charge on any atom is -0.378 e. The molecule has 4 nitrogen and oxygen atoms in total. The molecule has 0 radical (unpaired) electrons. The van der Waals surface area contributed by atoms with Crippen molar-refractivity contribution in [1.29, 1.82) is 0 Å². The van der Waals surface area contributed by atoms with Crippen LogP contribution in [-0.4, -0.2) is 18.1 Å². The molecule has 0 atom stereocenters. The third-order valence-corrected chi connectivity index (χ3v) is 7.16. The van der Waals surface area contributed by atoms with Gasteiger partial charge in [0.15, 0.2) is 0 Å². The Morgan fingerprint density at radius 2 is 1.34 bits per heavy atom. The molecule has 4 heteroatoms. The maximum absolute atomic E-state index is 13.1. The van der Waals surface area contributed by atoms with Crippen molar-refractivity contribution >= 4 is 17.4 Å². The summed E-state index contributed by atoms with van der Waals surface area (Å²) in [5, 5.41) is 10.2. The van der Waals surface area contributed by atoms with E-state index in [2.05, 4.69) is 110 Å². The molecule has 1 fully saturated rings. The predicted molar refractivity (Wildman–Crippen MR) is 148 cm³/mol. The van der Waals surface area contributed by atoms with Crippen molar-refractivity contribution in [3.05, 3.63) is 83.9 Å². The number of para-hydroxylation sites is 1. The fraction of sp³-hybridized carbons (Fsp3) is 0.387. The van der Waals surface area contributed by atoms with Crippen molar-refractivity contribution < 1.29 is 4.79 Å². The Labute approximate surface area is 210 Å². The number of hydrogen-bond donors (Lipinski definition) is 3. The van der Waals surface area contributed by atoms with Gasteiger partial charge < -0.3 is 16.0 Å². The molecule has 35 heavy (non-hydrogen) atoms. The van der Waals surface area contributed by atoms with Gasteiger partial charge in [-0.1, -0.05) is 101 Å². The molecule has 1 saturated carbocycles. The number of urea groups is 1. The Morgan fingerprint density at radius 3 is 1.91 bits per heavy atom. The van der Waals surface area contributed by atoms with Crippen molar-refractivity contribution in [2.45, 2.75) is 70.8 Å². The SMILES string of the molecule is CC(C)c1cccc(C(C)C)c1NC(=O)NCC1(Nc2ccc(-c3ccccc3)cc2)CCCC1. The highest BCUT2D eigenvalue weighted by molar-refractivity contribution is 5.91. The van der Waals surface area contributed by atoms with Crippen molar-refractivity contribution in [2.75, 3.05) is 17.2 Å². The van der Waals surface area contributed by atoms with Crippen LogP contribution in [0.1, 0.15) is 76.3 Å². The molecule has 0 bridgehead atoms. The second-order valence-electron chi connectivity index (χ2n) is 10.5. The minimum absolute atomic E-state index is 0.121. The zero-order chi connectivity index (χ0) is 24.8. The summed E-state index contributed by atoms with van der Waals surface area (Å²) in [5.41, 5.74) is 6.72. The van der Waals surface area contributed by atoms with Crippen LogP contribution in [0.25, 0.3) is 11.1 Å². The van der Waals surface area contributed by atoms with Crippen LogP contribution in [0.4, 0.5) is 16.2 Å². The molecule has 3 aromatic carbocycles. The van der Waals surface area contributed by atoms with Crippen molar-refractivity contribution in [1.82, 2.24) is 5.32 Å². The number of carbonyl (C=O) groups excluding carboxylic acids is 1. The first-order chi connectivity index (χ1) is 16.9. The molecule has 0 spiro atoms. The second-order valence-corrected chi connectivity index (χ2v) is 10.5. The molecular formula is C31H39N3O. The third kappa shape index (κ3) is 6.05. The molecule has 0 aromatic heterocycles. The lowest BCUT2D eigenvalue weighted by atomic mass is 9.92. The largest absolute Gasteiger partial charge is 0.378 e. The molecule has 0 aliphatic heterocycles. The Balaban J connectivity index is 1.44. The Morgan fingerprint density at radius 1 is 0.771 bits per heavy atom. The van der Waals surface area contributed by atoms with Gasteiger partial charge >= 0.3 is 6.03 Å². The number of hydrogen-bond acceptors (Lipinski definition) is 2. The van der Waals surface area contributed by atoms with E-state index in [4.69, 9.17) is 0 Å². The quantitative estimate of drug-likeness (QED) is 0.312. The molecule has 1 aliphatic rings. The van der Waals surface area contributed by atoms with E-state index in [1.54, 1.807) is 0 Å². The van der Waals surface area contributed by atoms with Crippen LogP contribution < -0.4 is 16.0 Å². The van der Waals surface area contributed by atoms with E-state index in [1.807, 2.05) is 6.07 Å². The zero-order valence-electron chi connectivity index (χ0n) is 21.5. The van der Waals surface area contributed by atoms with Crippen LogP contribution in [0.3, 0.4) is 0 Å². The number of rotatable bonds is 8. The maximum atomic E-state index is 13.1. The topological polar surface area (TPSA) is 53.2 Å². The summed E-state index contributed by atoms with van der Waals surface area (Å²) in [6.45, 7) is 9.28. The van der Waals surface area contributed by atoms with Gasteiger partial charge in [0, 0.05) is 17.9 Å². The van der Waals surface area contributed by atoms with Gasteiger partial charge in [-0.25, -0.2) is 4.79 Å². The van der Waals surface area contributed by atoms with Gasteiger partial charge in [-0.15, -0.1) is 0 Å². The highest BCUT2D eigenvalue weighted by Crippen LogP contribution is 2.34. The summed E-state index contributed by atoms with van der Waals surface area (Å²) in [6, 6.07) is 25.2. The lowest BCUT2D eigenvalue weighted by Gasteiger charge is -2.32. The van der Waals surface area contributed by atoms with Gasteiger partial charge in [0.2, 0.25) is 0 Å². The van der Waals surface area contributed by atoms with E-state index in [1.165, 1.54) is 35.1 Å². The molecule has 3 N–H and O–H groups in total. The Bertz CT molecular complexity index is 1090. The fourth-order valence-corrected chi connectivity index (χ4v) is 5.18. The molecule has 184 valence electrons. The molecule has 3 aromatic rings. The van der Waals surface area contributed by atoms with E-state index >= 15 is 0 Å². The first-order valence-electron chi connectivity index (χ1n) is 13.0. The molecule has 1 aliphatic carbocycles. The van der Waals surface area contributed by atoms with Gasteiger partial charge in [-0.3, -0.25) is 0 Å². The van der Waals surface area contributed by atoms with E-state index in [9.17, 15) is 4.79 Å². The fourth-order valence-electron chi connectivity index (χ4n) is 5.18. The summed E-state index contributed by atoms with van der Waals surface area (Å²) < 4.78 is 0. The van der Waals surface area contributed by atoms with Crippen LogP contribution in [0.2, 0.25) is 0 Å². The van der Waals surface area contributed by atoms with Crippen molar-refractivity contribution in [3.8, 4) is 11.1 Å². The normalized spacial score (nSPS) is 14.8. The minimum atomic E-state index is -0.132.